The second-order valence-corrected chi connectivity index (χ2v) is 7.57. The molecule has 0 saturated carbocycles. The summed E-state index contributed by atoms with van der Waals surface area (Å²) >= 11 is 1.70. The molecule has 4 rings (SSSR count). The molecule has 0 aliphatic rings. The summed E-state index contributed by atoms with van der Waals surface area (Å²) in [4.78, 5) is 4.79. The molecule has 4 aromatic rings. The number of hydrogen-bond donors (Lipinski definition) is 1. The fourth-order valence-electron chi connectivity index (χ4n) is 3.15. The molecule has 0 amide bonds. The Morgan fingerprint density at radius 1 is 1.00 bits per heavy atom. The van der Waals surface area contributed by atoms with Crippen LogP contribution >= 0.6 is 11.3 Å². The van der Waals surface area contributed by atoms with Gasteiger partial charge in [-0.15, -0.1) is 11.3 Å². The molecule has 3 nitrogen and oxygen atoms in total. The Kier molecular flexibility index (Phi) is 5.19. The highest BCUT2D eigenvalue weighted by Crippen LogP contribution is 2.36. The number of rotatable bonds is 6. The number of methoxy groups -OCH3 is 1. The Morgan fingerprint density at radius 2 is 1.78 bits per heavy atom. The number of para-hydroxylation sites is 1. The lowest BCUT2D eigenvalue weighted by Crippen LogP contribution is -2.18. The zero-order chi connectivity index (χ0) is 18.6. The summed E-state index contributed by atoms with van der Waals surface area (Å²) < 4.78 is 6.78. The van der Waals surface area contributed by atoms with E-state index in [9.17, 15) is 0 Å². The predicted molar refractivity (Wildman–Crippen MR) is 113 cm³/mol. The summed E-state index contributed by atoms with van der Waals surface area (Å²) in [6.45, 7) is 2.98. The highest BCUT2D eigenvalue weighted by atomic mass is 32.1. The number of benzene rings is 3. The molecule has 3 aromatic carbocycles. The minimum atomic E-state index is 0.291. The molecule has 1 atom stereocenters. The van der Waals surface area contributed by atoms with Crippen LogP contribution in [0.2, 0.25) is 0 Å². The van der Waals surface area contributed by atoms with Crippen LogP contribution in [0.15, 0.2) is 72.8 Å². The third-order valence-electron chi connectivity index (χ3n) is 4.70. The summed E-state index contributed by atoms with van der Waals surface area (Å²) in [6, 6.07) is 25.3. The molecule has 4 heteroatoms. The maximum absolute atomic E-state index is 5.59. The maximum atomic E-state index is 5.59. The van der Waals surface area contributed by atoms with Crippen molar-refractivity contribution in [3.8, 4) is 16.3 Å². The van der Waals surface area contributed by atoms with Crippen LogP contribution in [-0.2, 0) is 6.54 Å². The summed E-state index contributed by atoms with van der Waals surface area (Å²) in [6.07, 6.45) is 0. The van der Waals surface area contributed by atoms with Gasteiger partial charge in [0.2, 0.25) is 0 Å². The number of thiazole rings is 1. The van der Waals surface area contributed by atoms with Crippen molar-refractivity contribution in [2.75, 3.05) is 7.11 Å². The van der Waals surface area contributed by atoms with Crippen LogP contribution in [0.3, 0.4) is 0 Å². The number of nitrogens with zero attached hydrogens (tertiary/aromatic N) is 1. The van der Waals surface area contributed by atoms with Gasteiger partial charge in [-0.2, -0.15) is 0 Å². The van der Waals surface area contributed by atoms with E-state index in [1.807, 2.05) is 24.3 Å². The fraction of sp³-hybridized carbons (Fsp3) is 0.174. The number of hydrogen-bond acceptors (Lipinski definition) is 4. The molecule has 0 fully saturated rings. The van der Waals surface area contributed by atoms with Gasteiger partial charge in [-0.1, -0.05) is 48.5 Å². The second kappa shape index (κ2) is 7.91. The van der Waals surface area contributed by atoms with Gasteiger partial charge >= 0.3 is 0 Å². The van der Waals surface area contributed by atoms with E-state index in [-0.39, 0.29) is 0 Å². The number of fused-ring (bicyclic) bond motifs is 1. The van der Waals surface area contributed by atoms with Crippen LogP contribution in [0.25, 0.3) is 20.8 Å². The quantitative estimate of drug-likeness (QED) is 0.461. The van der Waals surface area contributed by atoms with Gasteiger partial charge in [-0.25, -0.2) is 4.98 Å². The van der Waals surface area contributed by atoms with Crippen molar-refractivity contribution in [1.29, 1.82) is 0 Å². The van der Waals surface area contributed by atoms with Gasteiger partial charge in [0.05, 0.1) is 22.9 Å². The van der Waals surface area contributed by atoms with E-state index >= 15 is 0 Å². The first-order valence-corrected chi connectivity index (χ1v) is 9.87. The molecule has 0 saturated heterocycles. The van der Waals surface area contributed by atoms with Crippen LogP contribution in [0, 0.1) is 0 Å². The fourth-order valence-corrected chi connectivity index (χ4v) is 4.14. The van der Waals surface area contributed by atoms with Gasteiger partial charge in [0.15, 0.2) is 0 Å². The minimum absolute atomic E-state index is 0.291. The Morgan fingerprint density at radius 3 is 2.56 bits per heavy atom. The first-order chi connectivity index (χ1) is 13.2. The molecular weight excluding hydrogens is 352 g/mol. The first kappa shape index (κ1) is 17.7. The highest BCUT2D eigenvalue weighted by molar-refractivity contribution is 7.21. The summed E-state index contributed by atoms with van der Waals surface area (Å²) in [5, 5.41) is 4.59. The topological polar surface area (TPSA) is 34.1 Å². The standard InChI is InChI=1S/C23H22N2OS/c1-16(18-8-4-3-5-9-18)24-15-17-12-13-21(26-2)19(14-17)23-25-20-10-6-7-11-22(20)27-23/h3-14,16,24H,15H2,1-2H3/t16-/m1/s1. The lowest BCUT2D eigenvalue weighted by molar-refractivity contribution is 0.416. The summed E-state index contributed by atoms with van der Waals surface area (Å²) in [5.41, 5.74) is 4.58. The molecule has 0 aliphatic heterocycles. The van der Waals surface area contributed by atoms with Crippen molar-refractivity contribution < 1.29 is 4.74 Å². The molecule has 0 unspecified atom stereocenters. The van der Waals surface area contributed by atoms with Gasteiger partial charge in [-0.05, 0) is 42.3 Å². The molecular formula is C23H22N2OS. The molecule has 27 heavy (non-hydrogen) atoms. The van der Waals surface area contributed by atoms with Gasteiger partial charge in [0.1, 0.15) is 10.8 Å². The third kappa shape index (κ3) is 3.87. The average Bonchev–Trinajstić information content (AvgIpc) is 3.16. The lowest BCUT2D eigenvalue weighted by Gasteiger charge is -2.15. The zero-order valence-electron chi connectivity index (χ0n) is 15.5. The minimum Gasteiger partial charge on any atom is -0.496 e. The van der Waals surface area contributed by atoms with Crippen LogP contribution in [0.4, 0.5) is 0 Å². The monoisotopic (exact) mass is 374 g/mol. The van der Waals surface area contributed by atoms with Crippen molar-refractivity contribution in [2.24, 2.45) is 0 Å². The molecule has 0 radical (unpaired) electrons. The molecule has 136 valence electrons. The first-order valence-electron chi connectivity index (χ1n) is 9.06. The molecule has 1 heterocycles. The van der Waals surface area contributed by atoms with E-state index in [1.165, 1.54) is 15.8 Å². The second-order valence-electron chi connectivity index (χ2n) is 6.53. The Bertz CT molecular complexity index is 1010. The molecule has 0 spiro atoms. The molecule has 1 aromatic heterocycles. The van der Waals surface area contributed by atoms with Crippen molar-refractivity contribution in [2.45, 2.75) is 19.5 Å². The third-order valence-corrected chi connectivity index (χ3v) is 5.77. The largest absolute Gasteiger partial charge is 0.496 e. The van der Waals surface area contributed by atoms with Gasteiger partial charge in [0.25, 0.3) is 0 Å². The van der Waals surface area contributed by atoms with E-state index in [4.69, 9.17) is 9.72 Å². The smallest absolute Gasteiger partial charge is 0.129 e. The number of ether oxygens (including phenoxy) is 1. The average molecular weight is 375 g/mol. The van der Waals surface area contributed by atoms with Crippen molar-refractivity contribution in [1.82, 2.24) is 10.3 Å². The Hall–Kier alpha value is -2.69. The van der Waals surface area contributed by atoms with Crippen LogP contribution < -0.4 is 10.1 Å². The summed E-state index contributed by atoms with van der Waals surface area (Å²) in [5.74, 6) is 0.855. The maximum Gasteiger partial charge on any atom is 0.129 e. The van der Waals surface area contributed by atoms with E-state index < -0.39 is 0 Å². The van der Waals surface area contributed by atoms with Crippen LogP contribution in [0.5, 0.6) is 5.75 Å². The Labute approximate surface area is 163 Å². The summed E-state index contributed by atoms with van der Waals surface area (Å²) in [7, 11) is 1.71. The van der Waals surface area contributed by atoms with Gasteiger partial charge in [0, 0.05) is 12.6 Å². The van der Waals surface area contributed by atoms with Crippen molar-refractivity contribution >= 4 is 21.6 Å². The van der Waals surface area contributed by atoms with Crippen LogP contribution in [0.1, 0.15) is 24.1 Å². The van der Waals surface area contributed by atoms with E-state index in [2.05, 4.69) is 60.8 Å². The lowest BCUT2D eigenvalue weighted by atomic mass is 10.1. The Balaban J connectivity index is 1.59. The van der Waals surface area contributed by atoms with E-state index in [0.29, 0.717) is 6.04 Å². The van der Waals surface area contributed by atoms with Crippen LogP contribution in [-0.4, -0.2) is 12.1 Å². The number of aromatic nitrogens is 1. The highest BCUT2D eigenvalue weighted by Gasteiger charge is 2.13. The zero-order valence-corrected chi connectivity index (χ0v) is 16.3. The molecule has 0 bridgehead atoms. The van der Waals surface area contributed by atoms with E-state index in [0.717, 1.165) is 28.4 Å². The normalized spacial score (nSPS) is 12.2. The van der Waals surface area contributed by atoms with Crippen molar-refractivity contribution in [3.05, 3.63) is 83.9 Å². The predicted octanol–water partition coefficient (Wildman–Crippen LogP) is 5.82. The van der Waals surface area contributed by atoms with Gasteiger partial charge in [-0.3, -0.25) is 0 Å². The van der Waals surface area contributed by atoms with Gasteiger partial charge < -0.3 is 10.1 Å². The van der Waals surface area contributed by atoms with E-state index in [1.54, 1.807) is 18.4 Å². The van der Waals surface area contributed by atoms with Crippen molar-refractivity contribution in [3.63, 3.8) is 0 Å². The molecule has 1 N–H and O–H groups in total. The number of nitrogens with one attached hydrogen (secondary N) is 1. The molecule has 0 aliphatic carbocycles. The SMILES string of the molecule is COc1ccc(CN[C@H](C)c2ccccc2)cc1-c1nc2ccccc2s1.